The quantitative estimate of drug-likeness (QED) is 0.735. The van der Waals surface area contributed by atoms with Gasteiger partial charge in [0.15, 0.2) is 11.6 Å². The van der Waals surface area contributed by atoms with Gasteiger partial charge in [0.1, 0.15) is 11.6 Å². The Bertz CT molecular complexity index is 964. The minimum absolute atomic E-state index is 0.107. The first-order valence-electron chi connectivity index (χ1n) is 11.1. The van der Waals surface area contributed by atoms with Gasteiger partial charge in [0.25, 0.3) is 0 Å². The van der Waals surface area contributed by atoms with Crippen molar-refractivity contribution in [2.45, 2.75) is 18.9 Å². The zero-order valence-electron chi connectivity index (χ0n) is 17.1. The number of anilines is 1. The standard InChI is InChI=1S/C23H25F3N4O/c24-14-5-16(23(26)20(25)6-14)21-1-2-22(29-28-21)27-15-3-12-7-30(8-13(12)4-15)9-17-18-10-31-11-19(17)18/h1-2,5-6,12-13,15,17-19H,3-4,7-11H2,(H,27,29)/t12-,13+,15+,17-,18+,19-. The summed E-state index contributed by atoms with van der Waals surface area (Å²) in [7, 11) is 0. The van der Waals surface area contributed by atoms with Crippen molar-refractivity contribution in [3.8, 4) is 11.3 Å². The van der Waals surface area contributed by atoms with E-state index in [0.29, 0.717) is 29.8 Å². The van der Waals surface area contributed by atoms with E-state index in [2.05, 4.69) is 20.4 Å². The Morgan fingerprint density at radius 1 is 1.00 bits per heavy atom. The summed E-state index contributed by atoms with van der Waals surface area (Å²) in [4.78, 5) is 2.65. The Morgan fingerprint density at radius 2 is 1.74 bits per heavy atom. The molecule has 8 heteroatoms. The lowest BCUT2D eigenvalue weighted by Crippen LogP contribution is -2.28. The molecule has 164 valence electrons. The molecule has 2 aliphatic carbocycles. The van der Waals surface area contributed by atoms with Crippen molar-refractivity contribution in [1.82, 2.24) is 15.1 Å². The summed E-state index contributed by atoms with van der Waals surface area (Å²) >= 11 is 0. The van der Waals surface area contributed by atoms with Gasteiger partial charge >= 0.3 is 0 Å². The average molecular weight is 430 g/mol. The van der Waals surface area contributed by atoms with Gasteiger partial charge in [0, 0.05) is 37.3 Å². The highest BCUT2D eigenvalue weighted by Crippen LogP contribution is 2.52. The van der Waals surface area contributed by atoms with Crippen LogP contribution in [0.15, 0.2) is 24.3 Å². The molecule has 6 atom stereocenters. The number of fused-ring (bicyclic) bond motifs is 2. The van der Waals surface area contributed by atoms with E-state index >= 15 is 0 Å². The lowest BCUT2D eigenvalue weighted by atomic mass is 10.0. The smallest absolute Gasteiger partial charge is 0.168 e. The molecule has 2 aliphatic heterocycles. The number of nitrogens with zero attached hydrogens (tertiary/aromatic N) is 3. The van der Waals surface area contributed by atoms with Crippen LogP contribution in [0.4, 0.5) is 19.0 Å². The van der Waals surface area contributed by atoms with Crippen LogP contribution in [0.25, 0.3) is 11.3 Å². The van der Waals surface area contributed by atoms with Gasteiger partial charge in [-0.3, -0.25) is 0 Å². The number of likely N-dealkylation sites (tertiary alicyclic amines) is 1. The van der Waals surface area contributed by atoms with Crippen molar-refractivity contribution >= 4 is 5.82 Å². The van der Waals surface area contributed by atoms with E-state index in [1.165, 1.54) is 19.6 Å². The molecule has 1 N–H and O–H groups in total. The molecular weight excluding hydrogens is 405 g/mol. The van der Waals surface area contributed by atoms with Crippen LogP contribution in [0.5, 0.6) is 0 Å². The highest BCUT2D eigenvalue weighted by molar-refractivity contribution is 5.60. The van der Waals surface area contributed by atoms with Crippen molar-refractivity contribution in [2.75, 3.05) is 38.2 Å². The first kappa shape index (κ1) is 19.5. The van der Waals surface area contributed by atoms with E-state index < -0.39 is 17.5 Å². The largest absolute Gasteiger partial charge is 0.381 e. The van der Waals surface area contributed by atoms with Crippen molar-refractivity contribution in [2.24, 2.45) is 29.6 Å². The Labute approximate surface area is 179 Å². The summed E-state index contributed by atoms with van der Waals surface area (Å²) in [5, 5.41) is 11.5. The van der Waals surface area contributed by atoms with Crippen LogP contribution in [0.3, 0.4) is 0 Å². The van der Waals surface area contributed by atoms with E-state index in [-0.39, 0.29) is 11.3 Å². The van der Waals surface area contributed by atoms with E-state index in [0.717, 1.165) is 49.9 Å². The van der Waals surface area contributed by atoms with Gasteiger partial charge in [0.2, 0.25) is 0 Å². The number of halogens is 3. The van der Waals surface area contributed by atoms with Crippen LogP contribution in [0.2, 0.25) is 0 Å². The van der Waals surface area contributed by atoms with E-state index in [9.17, 15) is 13.2 Å². The molecule has 5 nitrogen and oxygen atoms in total. The van der Waals surface area contributed by atoms with Gasteiger partial charge in [-0.2, -0.15) is 0 Å². The van der Waals surface area contributed by atoms with Crippen molar-refractivity contribution in [1.29, 1.82) is 0 Å². The Hall–Kier alpha value is -2.19. The van der Waals surface area contributed by atoms with E-state index in [4.69, 9.17) is 4.74 Å². The van der Waals surface area contributed by atoms with Crippen LogP contribution in [0.1, 0.15) is 12.8 Å². The first-order valence-corrected chi connectivity index (χ1v) is 11.1. The highest BCUT2D eigenvalue weighted by atomic mass is 19.2. The van der Waals surface area contributed by atoms with Gasteiger partial charge in [0.05, 0.1) is 18.9 Å². The summed E-state index contributed by atoms with van der Waals surface area (Å²) in [5.74, 6) is 1.31. The maximum Gasteiger partial charge on any atom is 0.168 e. The number of rotatable bonds is 5. The van der Waals surface area contributed by atoms with Crippen molar-refractivity contribution < 1.29 is 17.9 Å². The number of benzene rings is 1. The Balaban J connectivity index is 1.04. The topological polar surface area (TPSA) is 50.3 Å². The number of nitrogens with one attached hydrogen (secondary N) is 1. The summed E-state index contributed by atoms with van der Waals surface area (Å²) in [6.07, 6.45) is 2.21. The molecule has 0 unspecified atom stereocenters. The van der Waals surface area contributed by atoms with Gasteiger partial charge in [-0.25, -0.2) is 13.2 Å². The number of aromatic nitrogens is 2. The third-order valence-corrected chi connectivity index (χ3v) is 7.71. The molecule has 3 heterocycles. The second kappa shape index (κ2) is 7.45. The molecule has 0 radical (unpaired) electrons. The molecule has 2 aromatic rings. The predicted octanol–water partition coefficient (Wildman–Crippen LogP) is 3.58. The molecule has 31 heavy (non-hydrogen) atoms. The zero-order valence-corrected chi connectivity index (χ0v) is 17.1. The van der Waals surface area contributed by atoms with Crippen molar-refractivity contribution in [3.05, 3.63) is 41.7 Å². The molecule has 6 rings (SSSR count). The minimum Gasteiger partial charge on any atom is -0.381 e. The molecule has 0 amide bonds. The monoisotopic (exact) mass is 430 g/mol. The highest BCUT2D eigenvalue weighted by Gasteiger charge is 2.55. The third kappa shape index (κ3) is 3.59. The van der Waals surface area contributed by atoms with Crippen LogP contribution >= 0.6 is 0 Å². The molecule has 0 spiro atoms. The fourth-order valence-electron chi connectivity index (χ4n) is 6.10. The predicted molar refractivity (Wildman–Crippen MR) is 109 cm³/mol. The Morgan fingerprint density at radius 3 is 2.42 bits per heavy atom. The summed E-state index contributed by atoms with van der Waals surface area (Å²) in [6, 6.07) is 5.03. The van der Waals surface area contributed by atoms with Gasteiger partial charge < -0.3 is 15.0 Å². The maximum atomic E-state index is 14.0. The average Bonchev–Trinajstić information content (AvgIpc) is 3.14. The van der Waals surface area contributed by atoms with Crippen LogP contribution < -0.4 is 5.32 Å². The normalized spacial score (nSPS) is 34.0. The van der Waals surface area contributed by atoms with Crippen molar-refractivity contribution in [3.63, 3.8) is 0 Å². The zero-order chi connectivity index (χ0) is 21.1. The van der Waals surface area contributed by atoms with Gasteiger partial charge in [-0.05, 0) is 60.6 Å². The molecule has 4 aliphatic rings. The number of hydrogen-bond donors (Lipinski definition) is 1. The van der Waals surface area contributed by atoms with Gasteiger partial charge in [-0.15, -0.1) is 10.2 Å². The number of hydrogen-bond acceptors (Lipinski definition) is 5. The fourth-order valence-corrected chi connectivity index (χ4v) is 6.10. The summed E-state index contributed by atoms with van der Waals surface area (Å²) in [6.45, 7) is 5.50. The van der Waals surface area contributed by atoms with Crippen LogP contribution in [0, 0.1) is 47.0 Å². The third-order valence-electron chi connectivity index (χ3n) is 7.71. The molecule has 1 aromatic heterocycles. The summed E-state index contributed by atoms with van der Waals surface area (Å²) in [5.41, 5.74) is -0.117. The molecule has 1 aromatic carbocycles. The molecular formula is C23H25F3N4O. The molecule has 0 bridgehead atoms. The lowest BCUT2D eigenvalue weighted by molar-refractivity contribution is 0.141. The molecule has 4 fully saturated rings. The second-order valence-corrected chi connectivity index (χ2v) is 9.63. The first-order chi connectivity index (χ1) is 15.0. The molecule has 2 saturated heterocycles. The second-order valence-electron chi connectivity index (χ2n) is 9.63. The maximum absolute atomic E-state index is 14.0. The van der Waals surface area contributed by atoms with E-state index in [1.807, 2.05) is 0 Å². The summed E-state index contributed by atoms with van der Waals surface area (Å²) < 4.78 is 46.4. The van der Waals surface area contributed by atoms with Crippen LogP contribution in [-0.2, 0) is 4.74 Å². The van der Waals surface area contributed by atoms with Gasteiger partial charge in [-0.1, -0.05) is 0 Å². The Kier molecular flexibility index (Phi) is 4.68. The fraction of sp³-hybridized carbons (Fsp3) is 0.565. The van der Waals surface area contributed by atoms with Crippen LogP contribution in [-0.4, -0.2) is 54.0 Å². The molecule has 2 saturated carbocycles. The lowest BCUT2D eigenvalue weighted by Gasteiger charge is -2.20. The SMILES string of the molecule is Fc1cc(F)c(F)c(-c2ccc(N[C@H]3C[C@@H]4CN(C[C@@H]5[C@@H]6COC[C@@H]65)C[C@@H]4C3)nn2)c1. The minimum atomic E-state index is -1.23. The van der Waals surface area contributed by atoms with E-state index in [1.54, 1.807) is 12.1 Å². The number of ether oxygens (including phenoxy) is 1.